The average molecular weight is 258 g/mol. The van der Waals surface area contributed by atoms with E-state index in [1.807, 2.05) is 0 Å². The van der Waals surface area contributed by atoms with Gasteiger partial charge in [-0.25, -0.2) is 0 Å². The van der Waals surface area contributed by atoms with E-state index < -0.39 is 0 Å². The number of piperidine rings is 1. The van der Waals surface area contributed by atoms with E-state index in [1.165, 1.54) is 38.6 Å². The van der Waals surface area contributed by atoms with E-state index in [0.29, 0.717) is 12.1 Å². The molecule has 1 heterocycles. The van der Waals surface area contributed by atoms with Gasteiger partial charge in [0, 0.05) is 18.6 Å². The number of rotatable bonds is 3. The summed E-state index contributed by atoms with van der Waals surface area (Å²) in [6.45, 7) is 4.39. The molecule has 104 valence electrons. The molecule has 19 heavy (non-hydrogen) atoms. The van der Waals surface area contributed by atoms with Crippen LogP contribution in [0.5, 0.6) is 0 Å². The zero-order valence-corrected chi connectivity index (χ0v) is 12.0. The third-order valence-corrected chi connectivity index (χ3v) is 5.22. The quantitative estimate of drug-likeness (QED) is 0.903. The van der Waals surface area contributed by atoms with E-state index in [2.05, 4.69) is 36.1 Å². The Labute approximate surface area is 117 Å². The molecule has 0 amide bonds. The van der Waals surface area contributed by atoms with Crippen molar-refractivity contribution in [2.24, 2.45) is 11.7 Å². The molecule has 2 nitrogen and oxygen atoms in total. The highest BCUT2D eigenvalue weighted by atomic mass is 15.2. The Morgan fingerprint density at radius 1 is 1.21 bits per heavy atom. The Hall–Kier alpha value is -0.860. The molecule has 3 rings (SSSR count). The summed E-state index contributed by atoms with van der Waals surface area (Å²) in [4.78, 5) is 2.71. The largest absolute Gasteiger partial charge is 0.329 e. The van der Waals surface area contributed by atoms with Crippen LogP contribution in [0.3, 0.4) is 0 Å². The predicted octanol–water partition coefficient (Wildman–Crippen LogP) is 2.60. The smallest absolute Gasteiger partial charge is 0.0224 e. The summed E-state index contributed by atoms with van der Waals surface area (Å²) in [5, 5.41) is 0. The molecule has 2 heteroatoms. The first-order valence-electron chi connectivity index (χ1n) is 7.84. The number of benzene rings is 1. The van der Waals surface area contributed by atoms with Crippen molar-refractivity contribution in [1.82, 2.24) is 4.90 Å². The Morgan fingerprint density at radius 3 is 2.47 bits per heavy atom. The highest BCUT2D eigenvalue weighted by Crippen LogP contribution is 2.32. The highest BCUT2D eigenvalue weighted by Gasteiger charge is 2.34. The molecule has 0 bridgehead atoms. The molecule has 2 unspecified atom stereocenters. The highest BCUT2D eigenvalue weighted by molar-refractivity contribution is 5.33. The molecule has 1 aliphatic carbocycles. The van der Waals surface area contributed by atoms with E-state index >= 15 is 0 Å². The van der Waals surface area contributed by atoms with E-state index in [4.69, 9.17) is 5.73 Å². The van der Waals surface area contributed by atoms with Crippen LogP contribution in [0.1, 0.15) is 37.3 Å². The maximum Gasteiger partial charge on any atom is 0.0224 e. The Kier molecular flexibility index (Phi) is 3.90. The van der Waals surface area contributed by atoms with Crippen molar-refractivity contribution in [3.05, 3.63) is 35.4 Å². The minimum Gasteiger partial charge on any atom is -0.329 e. The predicted molar refractivity (Wildman–Crippen MR) is 80.2 cm³/mol. The van der Waals surface area contributed by atoms with Crippen LogP contribution in [0.15, 0.2) is 24.3 Å². The zero-order valence-electron chi connectivity index (χ0n) is 12.0. The van der Waals surface area contributed by atoms with Gasteiger partial charge in [0.2, 0.25) is 0 Å². The fourth-order valence-corrected chi connectivity index (χ4v) is 4.01. The summed E-state index contributed by atoms with van der Waals surface area (Å²) in [5.74, 6) is 0.897. The lowest BCUT2D eigenvalue weighted by atomic mass is 9.87. The zero-order chi connectivity index (χ0) is 13.2. The van der Waals surface area contributed by atoms with Gasteiger partial charge in [0.25, 0.3) is 0 Å². The molecule has 1 fully saturated rings. The molecule has 1 aromatic carbocycles. The van der Waals surface area contributed by atoms with Crippen LogP contribution < -0.4 is 5.73 Å². The van der Waals surface area contributed by atoms with Gasteiger partial charge >= 0.3 is 0 Å². The molecule has 1 aromatic rings. The second kappa shape index (κ2) is 5.64. The van der Waals surface area contributed by atoms with E-state index in [0.717, 1.165) is 12.5 Å². The topological polar surface area (TPSA) is 29.3 Å². The number of nitrogens with two attached hydrogens (primary N) is 1. The molecule has 0 spiro atoms. The molecule has 0 aromatic heterocycles. The fraction of sp³-hybridized carbons (Fsp3) is 0.647. The van der Waals surface area contributed by atoms with Crippen molar-refractivity contribution < 1.29 is 0 Å². The van der Waals surface area contributed by atoms with Gasteiger partial charge in [0.1, 0.15) is 0 Å². The number of nitrogens with zero attached hydrogens (tertiary/aromatic N) is 1. The molecule has 1 aliphatic heterocycles. The van der Waals surface area contributed by atoms with Crippen LogP contribution in [0, 0.1) is 5.92 Å². The molecular weight excluding hydrogens is 232 g/mol. The van der Waals surface area contributed by atoms with E-state index in [1.54, 1.807) is 11.1 Å². The minimum absolute atomic E-state index is 0.609. The van der Waals surface area contributed by atoms with Crippen LogP contribution in [-0.4, -0.2) is 30.1 Å². The summed E-state index contributed by atoms with van der Waals surface area (Å²) in [7, 11) is 0. The van der Waals surface area contributed by atoms with Gasteiger partial charge in [-0.2, -0.15) is 0 Å². The number of likely N-dealkylation sites (tertiary alicyclic amines) is 1. The Morgan fingerprint density at radius 2 is 1.89 bits per heavy atom. The monoisotopic (exact) mass is 258 g/mol. The maximum absolute atomic E-state index is 6.04. The van der Waals surface area contributed by atoms with Gasteiger partial charge in [-0.3, -0.25) is 4.90 Å². The van der Waals surface area contributed by atoms with Crippen molar-refractivity contribution in [1.29, 1.82) is 0 Å². The Balaban J connectivity index is 1.70. The molecule has 2 atom stereocenters. The van der Waals surface area contributed by atoms with E-state index in [-0.39, 0.29) is 0 Å². The normalized spacial score (nSPS) is 28.5. The van der Waals surface area contributed by atoms with Crippen LogP contribution in [0.25, 0.3) is 0 Å². The summed E-state index contributed by atoms with van der Waals surface area (Å²) in [6, 6.07) is 10.2. The van der Waals surface area contributed by atoms with Gasteiger partial charge in [0.05, 0.1) is 0 Å². The third kappa shape index (κ3) is 2.56. The van der Waals surface area contributed by atoms with E-state index in [9.17, 15) is 0 Å². The van der Waals surface area contributed by atoms with Crippen molar-refractivity contribution in [3.8, 4) is 0 Å². The van der Waals surface area contributed by atoms with Gasteiger partial charge in [-0.05, 0) is 49.3 Å². The van der Waals surface area contributed by atoms with Crippen molar-refractivity contribution in [3.63, 3.8) is 0 Å². The first kappa shape index (κ1) is 13.1. The van der Waals surface area contributed by atoms with Crippen LogP contribution in [-0.2, 0) is 12.8 Å². The SMILES string of the molecule is CCC1CCN(C2Cc3ccccc3C2)C(CN)C1. The lowest BCUT2D eigenvalue weighted by Gasteiger charge is -2.42. The fourth-order valence-electron chi connectivity index (χ4n) is 4.01. The lowest BCUT2D eigenvalue weighted by Crippen LogP contribution is -2.51. The van der Waals surface area contributed by atoms with Crippen LogP contribution in [0.2, 0.25) is 0 Å². The summed E-state index contributed by atoms with van der Waals surface area (Å²) < 4.78 is 0. The summed E-state index contributed by atoms with van der Waals surface area (Å²) >= 11 is 0. The molecule has 2 aliphatic rings. The van der Waals surface area contributed by atoms with Gasteiger partial charge in [-0.1, -0.05) is 37.6 Å². The summed E-state index contributed by atoms with van der Waals surface area (Å²) in [6.07, 6.45) is 6.43. The number of fused-ring (bicyclic) bond motifs is 1. The molecule has 2 N–H and O–H groups in total. The summed E-state index contributed by atoms with van der Waals surface area (Å²) in [5.41, 5.74) is 9.15. The second-order valence-electron chi connectivity index (χ2n) is 6.26. The van der Waals surface area contributed by atoms with Gasteiger partial charge in [-0.15, -0.1) is 0 Å². The van der Waals surface area contributed by atoms with Crippen molar-refractivity contribution in [2.75, 3.05) is 13.1 Å². The lowest BCUT2D eigenvalue weighted by molar-refractivity contribution is 0.0741. The first-order valence-corrected chi connectivity index (χ1v) is 7.84. The molecule has 0 radical (unpaired) electrons. The van der Waals surface area contributed by atoms with Crippen molar-refractivity contribution in [2.45, 2.75) is 51.1 Å². The molecule has 1 saturated heterocycles. The average Bonchev–Trinajstić information content (AvgIpc) is 2.90. The van der Waals surface area contributed by atoms with Crippen molar-refractivity contribution >= 4 is 0 Å². The van der Waals surface area contributed by atoms with Gasteiger partial charge in [0.15, 0.2) is 0 Å². The number of hydrogen-bond donors (Lipinski definition) is 1. The third-order valence-electron chi connectivity index (χ3n) is 5.22. The van der Waals surface area contributed by atoms with Crippen LogP contribution >= 0.6 is 0 Å². The second-order valence-corrected chi connectivity index (χ2v) is 6.26. The first-order chi connectivity index (χ1) is 9.31. The molecule has 0 saturated carbocycles. The standard InChI is InChI=1S/C17H26N2/c1-2-13-7-8-19(17(9-13)12-18)16-10-14-5-3-4-6-15(14)11-16/h3-6,13,16-17H,2,7-12,18H2,1H3. The van der Waals surface area contributed by atoms with Gasteiger partial charge < -0.3 is 5.73 Å². The number of hydrogen-bond acceptors (Lipinski definition) is 2. The van der Waals surface area contributed by atoms with Crippen LogP contribution in [0.4, 0.5) is 0 Å². The molecular formula is C17H26N2. The minimum atomic E-state index is 0.609. The maximum atomic E-state index is 6.04. The Bertz CT molecular complexity index is 404.